The van der Waals surface area contributed by atoms with Crippen molar-refractivity contribution in [2.24, 2.45) is 10.6 Å². The van der Waals surface area contributed by atoms with Gasteiger partial charge in [-0.25, -0.2) is 4.21 Å². The second-order valence-electron chi connectivity index (χ2n) is 10.0. The van der Waals surface area contributed by atoms with Gasteiger partial charge in [-0.3, -0.25) is 5.14 Å². The summed E-state index contributed by atoms with van der Waals surface area (Å²) in [6.45, 7) is 7.50. The lowest BCUT2D eigenvalue weighted by Gasteiger charge is -2.22. The van der Waals surface area contributed by atoms with Gasteiger partial charge in [0, 0.05) is 28.9 Å². The number of nitrogens with zero attached hydrogens (tertiary/aromatic N) is 1. The number of aromatic nitrogens is 1. The average Bonchev–Trinajstić information content (AvgIpc) is 3.05. The molecule has 2 unspecified atom stereocenters. The van der Waals surface area contributed by atoms with E-state index in [4.69, 9.17) is 5.14 Å². The first-order valence-electron chi connectivity index (χ1n) is 11.0. The molecule has 1 heterocycles. The summed E-state index contributed by atoms with van der Waals surface area (Å²) in [6.07, 6.45) is -8.27. The molecule has 10 heteroatoms. The summed E-state index contributed by atoms with van der Waals surface area (Å²) < 4.78 is 96.6. The molecule has 192 valence electrons. The van der Waals surface area contributed by atoms with Crippen LogP contribution in [0.4, 0.5) is 26.3 Å². The Kier molecular flexibility index (Phi) is 7.49. The predicted molar refractivity (Wildman–Crippen MR) is 127 cm³/mol. The Morgan fingerprint density at radius 3 is 2.17 bits per heavy atom. The van der Waals surface area contributed by atoms with Crippen LogP contribution in [0.5, 0.6) is 0 Å². The Hall–Kier alpha value is -2.33. The van der Waals surface area contributed by atoms with Crippen molar-refractivity contribution in [3.05, 3.63) is 59.8 Å². The minimum atomic E-state index is -4.63. The number of hydrogen-bond donors (Lipinski definition) is 1. The van der Waals surface area contributed by atoms with Crippen LogP contribution < -0.4 is 5.14 Å². The summed E-state index contributed by atoms with van der Waals surface area (Å²) in [5.74, 6) is -1.93. The SMILES string of the molecule is CC(C[C@@H](c1cn(CC(C)(C)C)c2cc(-c3ccccc3C(F)(F)F)ccc12)C(F)(F)F)S(N)=O. The Morgan fingerprint density at radius 1 is 1.00 bits per heavy atom. The molecule has 0 spiro atoms. The van der Waals surface area contributed by atoms with Crippen molar-refractivity contribution in [3.63, 3.8) is 0 Å². The number of benzene rings is 2. The molecule has 3 aromatic rings. The zero-order chi connectivity index (χ0) is 26.3. The Balaban J connectivity index is 2.26. The highest BCUT2D eigenvalue weighted by atomic mass is 32.2. The zero-order valence-corrected chi connectivity index (χ0v) is 20.6. The van der Waals surface area contributed by atoms with Gasteiger partial charge in [-0.1, -0.05) is 51.1 Å². The average molecular weight is 519 g/mol. The first-order chi connectivity index (χ1) is 16.0. The van der Waals surface area contributed by atoms with E-state index in [2.05, 4.69) is 0 Å². The lowest BCUT2D eigenvalue weighted by atomic mass is 9.92. The normalized spacial score (nSPS) is 15.9. The predicted octanol–water partition coefficient (Wildman–Crippen LogP) is 7.42. The van der Waals surface area contributed by atoms with E-state index < -0.39 is 46.5 Å². The van der Waals surface area contributed by atoms with E-state index in [1.807, 2.05) is 20.8 Å². The smallest absolute Gasteiger partial charge is 0.347 e. The Labute approximate surface area is 202 Å². The molecule has 0 saturated carbocycles. The first-order valence-corrected chi connectivity index (χ1v) is 12.3. The molecule has 1 aromatic heterocycles. The number of hydrogen-bond acceptors (Lipinski definition) is 1. The molecule has 35 heavy (non-hydrogen) atoms. The minimum absolute atomic E-state index is 0.00953. The van der Waals surface area contributed by atoms with Crippen molar-refractivity contribution in [1.29, 1.82) is 0 Å². The van der Waals surface area contributed by atoms with Gasteiger partial charge in [0.1, 0.15) is 0 Å². The maximum absolute atomic E-state index is 14.2. The van der Waals surface area contributed by atoms with Crippen LogP contribution in [0.3, 0.4) is 0 Å². The summed E-state index contributed by atoms with van der Waals surface area (Å²) in [7, 11) is -1.94. The second-order valence-corrected chi connectivity index (χ2v) is 11.5. The number of alkyl halides is 6. The number of fused-ring (bicyclic) bond motifs is 1. The first kappa shape index (κ1) is 27.3. The van der Waals surface area contributed by atoms with Crippen LogP contribution >= 0.6 is 0 Å². The van der Waals surface area contributed by atoms with E-state index >= 15 is 0 Å². The highest BCUT2D eigenvalue weighted by Crippen LogP contribution is 2.44. The Morgan fingerprint density at radius 2 is 1.63 bits per heavy atom. The highest BCUT2D eigenvalue weighted by molar-refractivity contribution is 7.83. The lowest BCUT2D eigenvalue weighted by Crippen LogP contribution is -2.28. The third kappa shape index (κ3) is 6.27. The highest BCUT2D eigenvalue weighted by Gasteiger charge is 2.43. The third-order valence-corrected chi connectivity index (χ3v) is 6.82. The standard InChI is InChI=1S/C25H28F6N2OS/c1-15(35(32)34)11-21(25(29,30)31)19-13-33(14-23(2,3)4)22-12-16(9-10-18(19)22)17-7-5-6-8-20(17)24(26,27)28/h5-10,12-13,15,21H,11,14,32H2,1-4H3/t15?,21-,35?/m0/s1. The van der Waals surface area contributed by atoms with Crippen molar-refractivity contribution < 1.29 is 30.6 Å². The third-order valence-electron chi connectivity index (χ3n) is 5.84. The summed E-state index contributed by atoms with van der Waals surface area (Å²) >= 11 is 0. The summed E-state index contributed by atoms with van der Waals surface area (Å²) in [5.41, 5.74) is -0.536. The molecule has 0 radical (unpaired) electrons. The molecule has 0 saturated heterocycles. The maximum atomic E-state index is 14.2. The van der Waals surface area contributed by atoms with Crippen molar-refractivity contribution in [2.45, 2.75) is 64.2 Å². The van der Waals surface area contributed by atoms with Gasteiger partial charge in [-0.15, -0.1) is 0 Å². The van der Waals surface area contributed by atoms with Gasteiger partial charge in [0.2, 0.25) is 0 Å². The molecule has 3 atom stereocenters. The number of rotatable bonds is 6. The molecule has 2 aromatic carbocycles. The largest absolute Gasteiger partial charge is 0.417 e. The van der Waals surface area contributed by atoms with E-state index in [1.54, 1.807) is 4.57 Å². The molecule has 0 bridgehead atoms. The van der Waals surface area contributed by atoms with Gasteiger partial charge in [0.15, 0.2) is 0 Å². The van der Waals surface area contributed by atoms with Gasteiger partial charge in [-0.2, -0.15) is 26.3 Å². The topological polar surface area (TPSA) is 48.0 Å². The van der Waals surface area contributed by atoms with E-state index in [0.29, 0.717) is 17.4 Å². The van der Waals surface area contributed by atoms with E-state index in [0.717, 1.165) is 6.07 Å². The van der Waals surface area contributed by atoms with E-state index in [9.17, 15) is 30.6 Å². The molecule has 3 rings (SSSR count). The van der Waals surface area contributed by atoms with Gasteiger partial charge < -0.3 is 4.57 Å². The summed E-state index contributed by atoms with van der Waals surface area (Å²) in [5, 5.41) is 4.74. The Bertz CT molecular complexity index is 1220. The van der Waals surface area contributed by atoms with Gasteiger partial charge in [0.05, 0.1) is 22.5 Å². The van der Waals surface area contributed by atoms with Crippen molar-refractivity contribution >= 4 is 21.9 Å². The van der Waals surface area contributed by atoms with Crippen LogP contribution in [-0.2, 0) is 23.7 Å². The molecule has 0 aliphatic carbocycles. The van der Waals surface area contributed by atoms with Crippen LogP contribution in [0.15, 0.2) is 48.7 Å². The van der Waals surface area contributed by atoms with Crippen LogP contribution in [0.1, 0.15) is 51.2 Å². The fourth-order valence-corrected chi connectivity index (χ4v) is 4.64. The number of nitrogens with two attached hydrogens (primary N) is 1. The molecule has 3 nitrogen and oxygen atoms in total. The van der Waals surface area contributed by atoms with E-state index in [-0.39, 0.29) is 22.1 Å². The fourth-order valence-electron chi connectivity index (χ4n) is 4.25. The molecule has 0 amide bonds. The van der Waals surface area contributed by atoms with Crippen LogP contribution in [0.2, 0.25) is 0 Å². The molecule has 0 aliphatic heterocycles. The summed E-state index contributed by atoms with van der Waals surface area (Å²) in [4.78, 5) is 0. The molecular formula is C25H28F6N2OS. The van der Waals surface area contributed by atoms with E-state index in [1.165, 1.54) is 49.5 Å². The lowest BCUT2D eigenvalue weighted by molar-refractivity contribution is -0.151. The number of halogens is 6. The van der Waals surface area contributed by atoms with Gasteiger partial charge in [0.25, 0.3) is 0 Å². The van der Waals surface area contributed by atoms with Gasteiger partial charge in [-0.05, 0) is 47.6 Å². The van der Waals surface area contributed by atoms with Crippen LogP contribution in [0, 0.1) is 5.41 Å². The second kappa shape index (κ2) is 9.61. The monoisotopic (exact) mass is 518 g/mol. The minimum Gasteiger partial charge on any atom is -0.347 e. The van der Waals surface area contributed by atoms with Crippen molar-refractivity contribution in [2.75, 3.05) is 0 Å². The maximum Gasteiger partial charge on any atom is 0.417 e. The van der Waals surface area contributed by atoms with Crippen molar-refractivity contribution in [1.82, 2.24) is 4.57 Å². The fraction of sp³-hybridized carbons (Fsp3) is 0.440. The van der Waals surface area contributed by atoms with Crippen molar-refractivity contribution in [3.8, 4) is 11.1 Å². The van der Waals surface area contributed by atoms with Crippen LogP contribution in [0.25, 0.3) is 22.0 Å². The molecule has 0 fully saturated rings. The summed E-state index contributed by atoms with van der Waals surface area (Å²) in [6, 6.07) is 9.47. The molecular weight excluding hydrogens is 490 g/mol. The van der Waals surface area contributed by atoms with Crippen LogP contribution in [-0.4, -0.2) is 20.2 Å². The quantitative estimate of drug-likeness (QED) is 0.339. The van der Waals surface area contributed by atoms with Gasteiger partial charge >= 0.3 is 12.4 Å². The molecule has 2 N–H and O–H groups in total. The zero-order valence-electron chi connectivity index (χ0n) is 19.8. The molecule has 0 aliphatic rings.